The lowest BCUT2D eigenvalue weighted by atomic mass is 9.52. The topological polar surface area (TPSA) is 0 Å². The molecule has 2 aliphatic carbocycles. The normalized spacial score (nSPS) is 36.8. The molecule has 0 aliphatic heterocycles. The molecule has 24 heavy (non-hydrogen) atoms. The van der Waals surface area contributed by atoms with Crippen LogP contribution in [0.2, 0.25) is 0 Å². The molecule has 0 aromatic carbocycles. The van der Waals surface area contributed by atoms with Crippen molar-refractivity contribution in [3.05, 3.63) is 0 Å². The summed E-state index contributed by atoms with van der Waals surface area (Å²) in [6.45, 7) is 12.3. The van der Waals surface area contributed by atoms with Gasteiger partial charge in [0.15, 0.2) is 0 Å². The first-order valence-corrected chi connectivity index (χ1v) is 11.7. The van der Waals surface area contributed by atoms with Gasteiger partial charge in [0.2, 0.25) is 0 Å². The van der Waals surface area contributed by atoms with Crippen LogP contribution >= 0.6 is 0 Å². The van der Waals surface area contributed by atoms with Gasteiger partial charge in [0.25, 0.3) is 0 Å². The minimum absolute atomic E-state index is 0.980. The van der Waals surface area contributed by atoms with Crippen LogP contribution in [0, 0.1) is 41.4 Å². The molecule has 2 aliphatic rings. The molecule has 0 heterocycles. The fourth-order valence-corrected chi connectivity index (χ4v) is 6.93. The third-order valence-corrected chi connectivity index (χ3v) is 8.00. The highest BCUT2D eigenvalue weighted by molar-refractivity contribution is 4.96. The number of fused-ring (bicyclic) bond motifs is 1. The molecule has 0 nitrogen and oxygen atoms in total. The Morgan fingerprint density at radius 3 is 2.21 bits per heavy atom. The minimum atomic E-state index is 0.980. The van der Waals surface area contributed by atoms with Crippen LogP contribution in [0.25, 0.3) is 0 Å². The van der Waals surface area contributed by atoms with E-state index in [2.05, 4.69) is 34.6 Å². The Morgan fingerprint density at radius 1 is 0.917 bits per heavy atom. The molecule has 0 aromatic heterocycles. The molecule has 6 atom stereocenters. The van der Waals surface area contributed by atoms with Gasteiger partial charge in [-0.25, -0.2) is 0 Å². The van der Waals surface area contributed by atoms with Gasteiger partial charge in [-0.2, -0.15) is 0 Å². The molecule has 0 amide bonds. The summed E-state index contributed by atoms with van der Waals surface area (Å²) in [7, 11) is 0. The third-order valence-electron chi connectivity index (χ3n) is 8.00. The Labute approximate surface area is 153 Å². The van der Waals surface area contributed by atoms with Gasteiger partial charge in [-0.15, -0.1) is 0 Å². The number of unbranched alkanes of at least 4 members (excludes halogenated alkanes) is 1. The van der Waals surface area contributed by atoms with Gasteiger partial charge in [-0.3, -0.25) is 0 Å². The molecule has 142 valence electrons. The monoisotopic (exact) mass is 334 g/mol. The largest absolute Gasteiger partial charge is 0.0654 e. The van der Waals surface area contributed by atoms with Gasteiger partial charge in [0.1, 0.15) is 0 Å². The molecule has 0 aromatic rings. The second-order valence-electron chi connectivity index (χ2n) is 9.34. The summed E-state index contributed by atoms with van der Waals surface area (Å²) in [6.07, 6.45) is 17.7. The molecule has 0 radical (unpaired) electrons. The maximum absolute atomic E-state index is 2.67. The standard InChI is InChI=1S/C24H46/c1-6-10-16-22-18(5)23(20(12-7-2)13-8-3)17-21-15-11-14-19(9-4)24(21)22/h18-24H,6-17H2,1-5H3. The smallest absolute Gasteiger partial charge is 0.0326 e. The molecular formula is C24H46. The molecule has 2 saturated carbocycles. The fourth-order valence-electron chi connectivity index (χ4n) is 6.93. The van der Waals surface area contributed by atoms with Crippen molar-refractivity contribution in [2.75, 3.05) is 0 Å². The van der Waals surface area contributed by atoms with E-state index in [0.29, 0.717) is 0 Å². The SMILES string of the molecule is CCCCC1C(C)C(C(CCC)CCC)CC2CCCC(CC)C21. The first-order chi connectivity index (χ1) is 11.7. The molecule has 2 fully saturated rings. The first-order valence-electron chi connectivity index (χ1n) is 11.7. The highest BCUT2D eigenvalue weighted by atomic mass is 14.5. The van der Waals surface area contributed by atoms with E-state index in [-0.39, 0.29) is 0 Å². The van der Waals surface area contributed by atoms with E-state index < -0.39 is 0 Å². The van der Waals surface area contributed by atoms with Crippen molar-refractivity contribution >= 4 is 0 Å². The van der Waals surface area contributed by atoms with Crippen LogP contribution in [0.5, 0.6) is 0 Å². The zero-order valence-corrected chi connectivity index (χ0v) is 17.5. The summed E-state index contributed by atoms with van der Waals surface area (Å²) < 4.78 is 0. The van der Waals surface area contributed by atoms with Gasteiger partial charge in [-0.05, 0) is 54.3 Å². The van der Waals surface area contributed by atoms with E-state index in [0.717, 1.165) is 41.4 Å². The lowest BCUT2D eigenvalue weighted by Gasteiger charge is -2.54. The molecule has 0 heteroatoms. The van der Waals surface area contributed by atoms with Gasteiger partial charge in [0.05, 0.1) is 0 Å². The molecule has 6 unspecified atom stereocenters. The van der Waals surface area contributed by atoms with Gasteiger partial charge >= 0.3 is 0 Å². The summed E-state index contributed by atoms with van der Waals surface area (Å²) in [5.74, 6) is 7.26. The Morgan fingerprint density at radius 2 is 1.62 bits per heavy atom. The molecule has 0 N–H and O–H groups in total. The lowest BCUT2D eigenvalue weighted by Crippen LogP contribution is -2.46. The Bertz CT molecular complexity index is 327. The molecule has 0 saturated heterocycles. The first kappa shape index (κ1) is 20.3. The van der Waals surface area contributed by atoms with Crippen LogP contribution < -0.4 is 0 Å². The van der Waals surface area contributed by atoms with Crippen molar-refractivity contribution < 1.29 is 0 Å². The number of rotatable bonds is 9. The van der Waals surface area contributed by atoms with E-state index in [1.54, 1.807) is 12.8 Å². The van der Waals surface area contributed by atoms with Crippen molar-refractivity contribution in [2.24, 2.45) is 41.4 Å². The highest BCUT2D eigenvalue weighted by Crippen LogP contribution is 2.55. The quantitative estimate of drug-likeness (QED) is 0.399. The maximum Gasteiger partial charge on any atom is -0.0326 e. The second-order valence-corrected chi connectivity index (χ2v) is 9.34. The third kappa shape index (κ3) is 4.59. The zero-order valence-electron chi connectivity index (χ0n) is 17.5. The van der Waals surface area contributed by atoms with E-state index in [1.165, 1.54) is 64.2 Å². The Hall–Kier alpha value is 0. The summed E-state index contributed by atoms with van der Waals surface area (Å²) in [5, 5.41) is 0. The number of hydrogen-bond donors (Lipinski definition) is 0. The average Bonchev–Trinajstić information content (AvgIpc) is 2.60. The van der Waals surface area contributed by atoms with Crippen molar-refractivity contribution in [2.45, 2.75) is 112 Å². The van der Waals surface area contributed by atoms with Crippen molar-refractivity contribution in [1.29, 1.82) is 0 Å². The maximum atomic E-state index is 2.67. The van der Waals surface area contributed by atoms with Crippen LogP contribution in [0.3, 0.4) is 0 Å². The van der Waals surface area contributed by atoms with E-state index in [9.17, 15) is 0 Å². The minimum Gasteiger partial charge on any atom is -0.0654 e. The second kappa shape index (κ2) is 10.2. The summed E-state index contributed by atoms with van der Waals surface area (Å²) in [5.41, 5.74) is 0. The summed E-state index contributed by atoms with van der Waals surface area (Å²) in [6, 6.07) is 0. The van der Waals surface area contributed by atoms with Crippen molar-refractivity contribution in [3.8, 4) is 0 Å². The van der Waals surface area contributed by atoms with Crippen LogP contribution in [-0.2, 0) is 0 Å². The van der Waals surface area contributed by atoms with Crippen molar-refractivity contribution in [3.63, 3.8) is 0 Å². The van der Waals surface area contributed by atoms with Crippen molar-refractivity contribution in [1.82, 2.24) is 0 Å². The summed E-state index contributed by atoms with van der Waals surface area (Å²) >= 11 is 0. The van der Waals surface area contributed by atoms with Crippen LogP contribution in [0.1, 0.15) is 112 Å². The van der Waals surface area contributed by atoms with Gasteiger partial charge in [0, 0.05) is 0 Å². The predicted octanol–water partition coefficient (Wildman–Crippen LogP) is 8.11. The molecular weight excluding hydrogens is 288 g/mol. The van der Waals surface area contributed by atoms with Gasteiger partial charge in [-0.1, -0.05) is 98.8 Å². The Balaban J connectivity index is 2.20. The Kier molecular flexibility index (Phi) is 8.65. The van der Waals surface area contributed by atoms with E-state index in [1.807, 2.05) is 0 Å². The average molecular weight is 335 g/mol. The molecule has 0 bridgehead atoms. The van der Waals surface area contributed by atoms with Crippen LogP contribution in [0.4, 0.5) is 0 Å². The predicted molar refractivity (Wildman–Crippen MR) is 108 cm³/mol. The fraction of sp³-hybridized carbons (Fsp3) is 1.00. The van der Waals surface area contributed by atoms with E-state index in [4.69, 9.17) is 0 Å². The summed E-state index contributed by atoms with van der Waals surface area (Å²) in [4.78, 5) is 0. The number of hydrogen-bond acceptors (Lipinski definition) is 0. The van der Waals surface area contributed by atoms with Crippen LogP contribution in [0.15, 0.2) is 0 Å². The lowest BCUT2D eigenvalue weighted by molar-refractivity contribution is -0.0444. The molecule has 0 spiro atoms. The molecule has 2 rings (SSSR count). The zero-order chi connectivity index (χ0) is 17.5. The van der Waals surface area contributed by atoms with Crippen LogP contribution in [-0.4, -0.2) is 0 Å². The highest BCUT2D eigenvalue weighted by Gasteiger charge is 2.47. The van der Waals surface area contributed by atoms with E-state index >= 15 is 0 Å². The van der Waals surface area contributed by atoms with Gasteiger partial charge < -0.3 is 0 Å².